The maximum Gasteiger partial charge on any atom is 0.254 e. The number of likely N-dealkylation sites (N-methyl/N-ethyl adjacent to an activating group) is 1. The van der Waals surface area contributed by atoms with Crippen LogP contribution in [0.25, 0.3) is 0 Å². The molecule has 1 fully saturated rings. The molecule has 0 atom stereocenters. The zero-order valence-electron chi connectivity index (χ0n) is 14.3. The van der Waals surface area contributed by atoms with Crippen molar-refractivity contribution in [2.24, 2.45) is 0 Å². The lowest BCUT2D eigenvalue weighted by Crippen LogP contribution is -2.46. The second-order valence-electron chi connectivity index (χ2n) is 5.97. The summed E-state index contributed by atoms with van der Waals surface area (Å²) >= 11 is 0. The number of carbonyl (C=O) groups is 1. The first-order valence-electron chi connectivity index (χ1n) is 8.48. The highest BCUT2D eigenvalue weighted by Gasteiger charge is 2.18. The molecule has 3 rings (SSSR count). The molecule has 7 heteroatoms. The van der Waals surface area contributed by atoms with Crippen molar-refractivity contribution < 1.29 is 9.18 Å². The molecule has 2 aromatic rings. The normalized spacial score (nSPS) is 15.2. The van der Waals surface area contributed by atoms with Gasteiger partial charge in [-0.25, -0.2) is 14.4 Å². The Morgan fingerprint density at radius 3 is 2.48 bits per heavy atom. The number of carbonyl (C=O) groups excluding carboxylic acids is 1. The number of aromatic nitrogens is 2. The predicted molar refractivity (Wildman–Crippen MR) is 93.9 cm³/mol. The van der Waals surface area contributed by atoms with Crippen molar-refractivity contribution in [3.63, 3.8) is 0 Å². The molecule has 1 saturated heterocycles. The van der Waals surface area contributed by atoms with E-state index in [2.05, 4.69) is 32.0 Å². The Morgan fingerprint density at radius 2 is 1.84 bits per heavy atom. The SMILES string of the molecule is CCN1CCN(c2ncc(C(=O)NCc3ccccc3F)cn2)CC1. The number of nitrogens with one attached hydrogen (secondary N) is 1. The maximum atomic E-state index is 13.6. The summed E-state index contributed by atoms with van der Waals surface area (Å²) in [4.78, 5) is 25.3. The topological polar surface area (TPSA) is 61.4 Å². The molecular weight excluding hydrogens is 321 g/mol. The van der Waals surface area contributed by atoms with Crippen LogP contribution >= 0.6 is 0 Å². The monoisotopic (exact) mass is 343 g/mol. The smallest absolute Gasteiger partial charge is 0.254 e. The Bertz CT molecular complexity index is 714. The summed E-state index contributed by atoms with van der Waals surface area (Å²) in [6.45, 7) is 7.08. The summed E-state index contributed by atoms with van der Waals surface area (Å²) < 4.78 is 13.6. The van der Waals surface area contributed by atoms with Gasteiger partial charge in [-0.15, -0.1) is 0 Å². The fourth-order valence-corrected chi connectivity index (χ4v) is 2.79. The molecule has 0 saturated carbocycles. The molecule has 1 aliphatic heterocycles. The van der Waals surface area contributed by atoms with Gasteiger partial charge in [0, 0.05) is 50.7 Å². The van der Waals surface area contributed by atoms with Crippen molar-refractivity contribution in [3.8, 4) is 0 Å². The van der Waals surface area contributed by atoms with Gasteiger partial charge in [-0.05, 0) is 12.6 Å². The average Bonchev–Trinajstić information content (AvgIpc) is 2.67. The van der Waals surface area contributed by atoms with Gasteiger partial charge >= 0.3 is 0 Å². The highest BCUT2D eigenvalue weighted by molar-refractivity contribution is 5.93. The number of halogens is 1. The Balaban J connectivity index is 1.56. The van der Waals surface area contributed by atoms with E-state index in [4.69, 9.17) is 0 Å². The van der Waals surface area contributed by atoms with Crippen LogP contribution in [-0.4, -0.2) is 53.5 Å². The molecule has 0 bridgehead atoms. The van der Waals surface area contributed by atoms with Crippen molar-refractivity contribution in [1.82, 2.24) is 20.2 Å². The van der Waals surface area contributed by atoms with Crippen LogP contribution in [0.1, 0.15) is 22.8 Å². The van der Waals surface area contributed by atoms with Crippen LogP contribution < -0.4 is 10.2 Å². The molecule has 25 heavy (non-hydrogen) atoms. The first kappa shape index (κ1) is 17.3. The van der Waals surface area contributed by atoms with Gasteiger partial charge < -0.3 is 15.1 Å². The van der Waals surface area contributed by atoms with Gasteiger partial charge in [0.25, 0.3) is 5.91 Å². The van der Waals surface area contributed by atoms with Crippen LogP contribution in [0.3, 0.4) is 0 Å². The highest BCUT2D eigenvalue weighted by Crippen LogP contribution is 2.11. The molecule has 6 nitrogen and oxygen atoms in total. The Morgan fingerprint density at radius 1 is 1.16 bits per heavy atom. The zero-order chi connectivity index (χ0) is 17.6. The standard InChI is InChI=1S/C18H22FN5O/c1-2-23-7-9-24(10-8-23)18-21-12-15(13-22-18)17(25)20-11-14-5-3-4-6-16(14)19/h3-6,12-13H,2,7-11H2,1H3,(H,20,25). The molecule has 0 radical (unpaired) electrons. The van der Waals surface area contributed by atoms with E-state index < -0.39 is 0 Å². The number of nitrogens with zero attached hydrogens (tertiary/aromatic N) is 4. The van der Waals surface area contributed by atoms with Gasteiger partial charge in [0.1, 0.15) is 5.82 Å². The molecule has 0 spiro atoms. The molecule has 0 aliphatic carbocycles. The van der Waals surface area contributed by atoms with Gasteiger partial charge in [-0.2, -0.15) is 0 Å². The third-order valence-electron chi connectivity index (χ3n) is 4.40. The second kappa shape index (κ2) is 8.02. The number of rotatable bonds is 5. The summed E-state index contributed by atoms with van der Waals surface area (Å²) in [5, 5.41) is 2.69. The minimum absolute atomic E-state index is 0.131. The zero-order valence-corrected chi connectivity index (χ0v) is 14.3. The third kappa shape index (κ3) is 4.30. The largest absolute Gasteiger partial charge is 0.348 e. The first-order valence-corrected chi connectivity index (χ1v) is 8.48. The van der Waals surface area contributed by atoms with Gasteiger partial charge in [0.15, 0.2) is 0 Å². The fourth-order valence-electron chi connectivity index (χ4n) is 2.79. The van der Waals surface area contributed by atoms with Crippen LogP contribution in [-0.2, 0) is 6.54 Å². The average molecular weight is 343 g/mol. The number of amides is 1. The van der Waals surface area contributed by atoms with E-state index in [1.807, 2.05) is 0 Å². The van der Waals surface area contributed by atoms with Gasteiger partial charge in [0.05, 0.1) is 5.56 Å². The predicted octanol–water partition coefficient (Wildman–Crippen LogP) is 1.69. The molecular formula is C18H22FN5O. The van der Waals surface area contributed by atoms with Crippen molar-refractivity contribution in [1.29, 1.82) is 0 Å². The van der Waals surface area contributed by atoms with Crippen LogP contribution in [0.15, 0.2) is 36.7 Å². The van der Waals surface area contributed by atoms with Crippen LogP contribution in [0, 0.1) is 5.82 Å². The Kier molecular flexibility index (Phi) is 5.55. The Labute approximate surface area is 146 Å². The summed E-state index contributed by atoms with van der Waals surface area (Å²) in [5.41, 5.74) is 0.814. The van der Waals surface area contributed by atoms with Crippen molar-refractivity contribution in [3.05, 3.63) is 53.6 Å². The number of anilines is 1. The lowest BCUT2D eigenvalue weighted by atomic mass is 10.2. The van der Waals surface area contributed by atoms with Gasteiger partial charge in [0.2, 0.25) is 5.95 Å². The lowest BCUT2D eigenvalue weighted by molar-refractivity contribution is 0.0950. The molecule has 2 heterocycles. The van der Waals surface area contributed by atoms with E-state index in [1.54, 1.807) is 18.2 Å². The highest BCUT2D eigenvalue weighted by atomic mass is 19.1. The van der Waals surface area contributed by atoms with E-state index in [0.29, 0.717) is 17.1 Å². The molecule has 1 N–H and O–H groups in total. The lowest BCUT2D eigenvalue weighted by Gasteiger charge is -2.33. The van der Waals surface area contributed by atoms with E-state index in [0.717, 1.165) is 32.7 Å². The fraction of sp³-hybridized carbons (Fsp3) is 0.389. The quantitative estimate of drug-likeness (QED) is 0.895. The van der Waals surface area contributed by atoms with E-state index in [1.165, 1.54) is 18.5 Å². The van der Waals surface area contributed by atoms with E-state index in [9.17, 15) is 9.18 Å². The van der Waals surface area contributed by atoms with Crippen LogP contribution in [0.5, 0.6) is 0 Å². The van der Waals surface area contributed by atoms with Crippen molar-refractivity contribution in [2.45, 2.75) is 13.5 Å². The van der Waals surface area contributed by atoms with Crippen LogP contribution in [0.2, 0.25) is 0 Å². The van der Waals surface area contributed by atoms with Gasteiger partial charge in [-0.3, -0.25) is 4.79 Å². The molecule has 1 aromatic heterocycles. The molecule has 132 valence electrons. The van der Waals surface area contributed by atoms with E-state index >= 15 is 0 Å². The van der Waals surface area contributed by atoms with Crippen molar-refractivity contribution >= 4 is 11.9 Å². The number of hydrogen-bond donors (Lipinski definition) is 1. The summed E-state index contributed by atoms with van der Waals surface area (Å²) in [7, 11) is 0. The molecule has 0 unspecified atom stereocenters. The van der Waals surface area contributed by atoms with Crippen LogP contribution in [0.4, 0.5) is 10.3 Å². The van der Waals surface area contributed by atoms with Gasteiger partial charge in [-0.1, -0.05) is 25.1 Å². The molecule has 1 amide bonds. The summed E-state index contributed by atoms with van der Waals surface area (Å²) in [5.74, 6) is -0.00682. The minimum atomic E-state index is -0.333. The van der Waals surface area contributed by atoms with Crippen molar-refractivity contribution in [2.75, 3.05) is 37.6 Å². The second-order valence-corrected chi connectivity index (χ2v) is 5.97. The number of hydrogen-bond acceptors (Lipinski definition) is 5. The first-order chi connectivity index (χ1) is 12.2. The third-order valence-corrected chi connectivity index (χ3v) is 4.40. The summed E-state index contributed by atoms with van der Waals surface area (Å²) in [6, 6.07) is 6.37. The number of benzene rings is 1. The number of piperazine rings is 1. The molecule has 1 aromatic carbocycles. The maximum absolute atomic E-state index is 13.6. The minimum Gasteiger partial charge on any atom is -0.348 e. The van der Waals surface area contributed by atoms with E-state index in [-0.39, 0.29) is 18.3 Å². The summed E-state index contributed by atoms with van der Waals surface area (Å²) in [6.07, 6.45) is 3.04. The molecule has 1 aliphatic rings. The Hall–Kier alpha value is -2.54.